The van der Waals surface area contributed by atoms with E-state index in [9.17, 15) is 14.5 Å². The van der Waals surface area contributed by atoms with E-state index in [0.29, 0.717) is 0 Å². The van der Waals surface area contributed by atoms with E-state index in [2.05, 4.69) is 0 Å². The lowest BCUT2D eigenvalue weighted by Gasteiger charge is -2.16. The molecule has 0 fully saturated rings. The Morgan fingerprint density at radius 1 is 0.567 bits per heavy atom. The van der Waals surface area contributed by atoms with Gasteiger partial charge in [-0.25, -0.2) is 4.39 Å². The molecule has 0 heterocycles. The van der Waals surface area contributed by atoms with Crippen molar-refractivity contribution in [2.24, 2.45) is 0 Å². The summed E-state index contributed by atoms with van der Waals surface area (Å²) in [4.78, 5) is 11.1. The Morgan fingerprint density at radius 2 is 1.03 bits per heavy atom. The Bertz CT molecular complexity index is 1690. The van der Waals surface area contributed by atoms with Gasteiger partial charge in [-0.2, -0.15) is 0 Å². The molecule has 0 radical (unpaired) electrons. The zero-order valence-electron chi connectivity index (χ0n) is 15.7. The lowest BCUT2D eigenvalue weighted by atomic mass is 9.87. The van der Waals surface area contributed by atoms with Gasteiger partial charge in [0.05, 0.1) is 4.92 Å². The summed E-state index contributed by atoms with van der Waals surface area (Å²) in [5.74, 6) is -0.303. The quantitative estimate of drug-likeness (QED) is 0.165. The topological polar surface area (TPSA) is 43.1 Å². The molecule has 0 saturated carbocycles. The van der Waals surface area contributed by atoms with E-state index >= 15 is 0 Å². The molecule has 30 heavy (non-hydrogen) atoms. The molecule has 0 aliphatic heterocycles. The first-order valence-corrected chi connectivity index (χ1v) is 9.66. The second-order valence-corrected chi connectivity index (χ2v) is 7.52. The van der Waals surface area contributed by atoms with Crippen molar-refractivity contribution in [3.05, 3.63) is 101 Å². The Labute approximate surface area is 170 Å². The molecule has 0 N–H and O–H groups in total. The van der Waals surface area contributed by atoms with Gasteiger partial charge in [0.2, 0.25) is 0 Å². The Balaban J connectivity index is 2.07. The van der Waals surface area contributed by atoms with Crippen molar-refractivity contribution in [3.63, 3.8) is 0 Å². The van der Waals surface area contributed by atoms with Crippen LogP contribution in [0.4, 0.5) is 10.1 Å². The van der Waals surface area contributed by atoms with Crippen LogP contribution in [0.2, 0.25) is 0 Å². The number of rotatable bonds is 1. The zero-order valence-corrected chi connectivity index (χ0v) is 15.7. The molecule has 0 unspecified atom stereocenters. The molecule has 0 aliphatic carbocycles. The van der Waals surface area contributed by atoms with Crippen LogP contribution in [0, 0.1) is 15.9 Å². The molecule has 0 bridgehead atoms. The number of halogens is 1. The lowest BCUT2D eigenvalue weighted by Crippen LogP contribution is -1.91. The highest BCUT2D eigenvalue weighted by molar-refractivity contribution is 6.39. The predicted molar refractivity (Wildman–Crippen MR) is 121 cm³/mol. The second kappa shape index (κ2) is 5.97. The number of nitro benzene ring substituents is 1. The smallest absolute Gasteiger partial charge is 0.258 e. The first kappa shape index (κ1) is 16.9. The monoisotopic (exact) mass is 391 g/mol. The average molecular weight is 391 g/mol. The Kier molecular flexibility index (Phi) is 3.36. The van der Waals surface area contributed by atoms with E-state index in [0.717, 1.165) is 53.9 Å². The van der Waals surface area contributed by atoms with E-state index in [1.54, 1.807) is 18.2 Å². The van der Waals surface area contributed by atoms with Crippen molar-refractivity contribution in [3.8, 4) is 0 Å². The van der Waals surface area contributed by atoms with Crippen LogP contribution in [0.25, 0.3) is 53.9 Å². The average Bonchev–Trinajstić information content (AvgIpc) is 2.78. The molecule has 3 nitrogen and oxygen atoms in total. The molecule has 6 rings (SSSR count). The summed E-state index contributed by atoms with van der Waals surface area (Å²) in [6.07, 6.45) is 0. The fourth-order valence-electron chi connectivity index (χ4n) is 4.75. The molecule has 0 atom stereocenters. The van der Waals surface area contributed by atoms with Gasteiger partial charge in [0.15, 0.2) is 0 Å². The minimum Gasteiger partial charge on any atom is -0.258 e. The molecule has 142 valence electrons. The zero-order chi connectivity index (χ0) is 20.4. The van der Waals surface area contributed by atoms with E-state index in [1.807, 2.05) is 60.7 Å². The summed E-state index contributed by atoms with van der Waals surface area (Å²) in [6, 6.07) is 25.8. The van der Waals surface area contributed by atoms with Crippen molar-refractivity contribution in [2.45, 2.75) is 0 Å². The highest BCUT2D eigenvalue weighted by Gasteiger charge is 2.18. The molecule has 6 aromatic rings. The van der Waals surface area contributed by atoms with Gasteiger partial charge in [0, 0.05) is 12.1 Å². The number of nitro groups is 1. The van der Waals surface area contributed by atoms with Crippen LogP contribution >= 0.6 is 0 Å². The largest absolute Gasteiger partial charge is 0.270 e. The third kappa shape index (κ3) is 2.19. The molecule has 0 aliphatic rings. The first-order chi connectivity index (χ1) is 14.6. The van der Waals surface area contributed by atoms with Crippen LogP contribution in [-0.4, -0.2) is 4.92 Å². The van der Waals surface area contributed by atoms with E-state index in [1.165, 1.54) is 6.07 Å². The maximum Gasteiger partial charge on any atom is 0.270 e. The highest BCUT2D eigenvalue weighted by Crippen LogP contribution is 2.44. The van der Waals surface area contributed by atoms with Crippen LogP contribution in [0.1, 0.15) is 0 Å². The van der Waals surface area contributed by atoms with Gasteiger partial charge in [0.1, 0.15) is 5.82 Å². The number of fused-ring (bicyclic) bond motifs is 11. The third-order valence-corrected chi connectivity index (χ3v) is 5.96. The Hall–Kier alpha value is -4.05. The number of hydrogen-bond acceptors (Lipinski definition) is 2. The van der Waals surface area contributed by atoms with E-state index in [4.69, 9.17) is 0 Å². The van der Waals surface area contributed by atoms with Crippen LogP contribution in [-0.2, 0) is 0 Å². The summed E-state index contributed by atoms with van der Waals surface area (Å²) in [7, 11) is 0. The molecule has 0 aromatic heterocycles. The fraction of sp³-hybridized carbons (Fsp3) is 0. The van der Waals surface area contributed by atoms with Crippen molar-refractivity contribution < 1.29 is 9.31 Å². The van der Waals surface area contributed by atoms with Crippen LogP contribution in [0.5, 0.6) is 0 Å². The van der Waals surface area contributed by atoms with Crippen molar-refractivity contribution in [1.82, 2.24) is 0 Å². The van der Waals surface area contributed by atoms with Gasteiger partial charge >= 0.3 is 0 Å². The summed E-state index contributed by atoms with van der Waals surface area (Å²) in [5.41, 5.74) is 0.0440. The minimum atomic E-state index is -0.372. The molecule has 4 heteroatoms. The van der Waals surface area contributed by atoms with Gasteiger partial charge < -0.3 is 0 Å². The molecular weight excluding hydrogens is 377 g/mol. The molecule has 0 amide bonds. The minimum absolute atomic E-state index is 0.0440. The van der Waals surface area contributed by atoms with Crippen LogP contribution < -0.4 is 0 Å². The third-order valence-electron chi connectivity index (χ3n) is 5.96. The predicted octanol–water partition coefficient (Wildman–Crippen LogP) is 7.50. The normalized spacial score (nSPS) is 11.8. The van der Waals surface area contributed by atoms with Crippen molar-refractivity contribution in [1.29, 1.82) is 0 Å². The molecular formula is C26H14FNO2. The van der Waals surface area contributed by atoms with E-state index in [-0.39, 0.29) is 16.4 Å². The standard InChI is InChI=1S/C26H14FNO2/c27-15-9-11-19-17-5-1-4-8-22(17)26-24-14-16(28(29)30)10-12-20(24)18-6-2-3-7-21(18)25(26)23(19)13-15/h1-14H. The summed E-state index contributed by atoms with van der Waals surface area (Å²) < 4.78 is 14.4. The molecule has 0 saturated heterocycles. The SMILES string of the molecule is O=[N+]([O-])c1ccc2c3ccccc3c3c4cc(F)ccc4c4ccccc4c3c2c1. The van der Waals surface area contributed by atoms with Crippen molar-refractivity contribution >= 4 is 59.5 Å². The first-order valence-electron chi connectivity index (χ1n) is 9.66. The van der Waals surface area contributed by atoms with Gasteiger partial charge in [-0.05, 0) is 72.1 Å². The van der Waals surface area contributed by atoms with Crippen molar-refractivity contribution in [2.75, 3.05) is 0 Å². The molecule has 6 aromatic carbocycles. The summed E-state index contributed by atoms with van der Waals surface area (Å²) >= 11 is 0. The highest BCUT2D eigenvalue weighted by atomic mass is 19.1. The van der Waals surface area contributed by atoms with Gasteiger partial charge in [-0.15, -0.1) is 0 Å². The number of nitrogens with zero attached hydrogens (tertiary/aromatic N) is 1. The van der Waals surface area contributed by atoms with E-state index < -0.39 is 0 Å². The fourth-order valence-corrected chi connectivity index (χ4v) is 4.75. The Morgan fingerprint density at radius 3 is 1.60 bits per heavy atom. The number of non-ortho nitro benzene ring substituents is 1. The number of hydrogen-bond donors (Lipinski definition) is 0. The van der Waals surface area contributed by atoms with Gasteiger partial charge in [-0.1, -0.05) is 54.6 Å². The summed E-state index contributed by atoms with van der Waals surface area (Å²) in [6.45, 7) is 0. The number of benzene rings is 6. The second-order valence-electron chi connectivity index (χ2n) is 7.52. The molecule has 0 spiro atoms. The van der Waals surface area contributed by atoms with Crippen LogP contribution in [0.3, 0.4) is 0 Å². The van der Waals surface area contributed by atoms with Gasteiger partial charge in [0.25, 0.3) is 5.69 Å². The maximum absolute atomic E-state index is 14.4. The maximum atomic E-state index is 14.4. The van der Waals surface area contributed by atoms with Gasteiger partial charge in [-0.3, -0.25) is 10.1 Å². The summed E-state index contributed by atoms with van der Waals surface area (Å²) in [5, 5.41) is 20.9. The van der Waals surface area contributed by atoms with Crippen LogP contribution in [0.15, 0.2) is 84.9 Å². The lowest BCUT2D eigenvalue weighted by molar-refractivity contribution is -0.384.